The van der Waals surface area contributed by atoms with Crippen molar-refractivity contribution in [1.82, 2.24) is 19.5 Å². The number of rotatable bonds is 7. The van der Waals surface area contributed by atoms with Crippen LogP contribution in [0.15, 0.2) is 60.3 Å². The molecule has 3 N–H and O–H groups in total. The number of hydrogen-bond acceptors (Lipinski definition) is 8. The molecule has 0 saturated carbocycles. The van der Waals surface area contributed by atoms with E-state index in [0.717, 1.165) is 0 Å². The number of anilines is 1. The second-order valence-electron chi connectivity index (χ2n) is 7.64. The number of nitrogens with two attached hydrogens (primary N) is 1. The van der Waals surface area contributed by atoms with E-state index in [1.165, 1.54) is 31.6 Å². The van der Waals surface area contributed by atoms with Gasteiger partial charge in [0.1, 0.15) is 18.9 Å². The molecule has 1 aliphatic rings. The monoisotopic (exact) mass is 480 g/mol. The van der Waals surface area contributed by atoms with Crippen LogP contribution in [0.25, 0.3) is 10.9 Å². The fraction of sp³-hybridized carbons (Fsp3) is 0.182. The van der Waals surface area contributed by atoms with E-state index in [2.05, 4.69) is 20.3 Å². The molecule has 0 bridgehead atoms. The van der Waals surface area contributed by atoms with E-state index in [1.54, 1.807) is 24.7 Å². The van der Waals surface area contributed by atoms with Crippen molar-refractivity contribution in [1.29, 1.82) is 0 Å². The zero-order valence-electron chi connectivity index (χ0n) is 18.0. The fourth-order valence-corrected chi connectivity index (χ4v) is 4.50. The molecule has 0 spiro atoms. The molecule has 11 nitrogen and oxygen atoms in total. The van der Waals surface area contributed by atoms with Crippen molar-refractivity contribution >= 4 is 32.5 Å². The van der Waals surface area contributed by atoms with Gasteiger partial charge in [0.05, 0.1) is 36.1 Å². The van der Waals surface area contributed by atoms with Gasteiger partial charge in [0.15, 0.2) is 11.5 Å². The highest BCUT2D eigenvalue weighted by molar-refractivity contribution is 7.89. The smallest absolute Gasteiger partial charge is 0.238 e. The van der Waals surface area contributed by atoms with Crippen LogP contribution in [0.4, 0.5) is 5.69 Å². The quantitative estimate of drug-likeness (QED) is 0.405. The van der Waals surface area contributed by atoms with Gasteiger partial charge >= 0.3 is 0 Å². The number of methoxy groups -OCH3 is 1. The third kappa shape index (κ3) is 3.93. The Balaban J connectivity index is 1.54. The van der Waals surface area contributed by atoms with Crippen LogP contribution in [-0.2, 0) is 21.4 Å². The van der Waals surface area contributed by atoms with Gasteiger partial charge in [-0.25, -0.2) is 28.5 Å². The number of imidazole rings is 1. The van der Waals surface area contributed by atoms with Crippen LogP contribution in [0.2, 0.25) is 0 Å². The van der Waals surface area contributed by atoms with E-state index in [1.807, 2.05) is 10.8 Å². The lowest BCUT2D eigenvalue weighted by molar-refractivity contribution is -0.116. The average molecular weight is 481 g/mol. The van der Waals surface area contributed by atoms with Crippen LogP contribution in [0.3, 0.4) is 0 Å². The molecule has 0 fully saturated rings. The first-order chi connectivity index (χ1) is 16.3. The average Bonchev–Trinajstić information content (AvgIpc) is 3.44. The molecule has 174 valence electrons. The summed E-state index contributed by atoms with van der Waals surface area (Å²) in [7, 11) is -2.43. The molecule has 1 atom stereocenters. The van der Waals surface area contributed by atoms with Crippen molar-refractivity contribution in [2.24, 2.45) is 5.14 Å². The van der Waals surface area contributed by atoms with E-state index in [4.69, 9.17) is 14.6 Å². The van der Waals surface area contributed by atoms with E-state index in [-0.39, 0.29) is 10.8 Å². The third-order valence-corrected chi connectivity index (χ3v) is 6.48. The number of hydrogen-bond donors (Lipinski definition) is 2. The first-order valence-corrected chi connectivity index (χ1v) is 11.8. The molecule has 3 heterocycles. The molecule has 4 aromatic rings. The summed E-state index contributed by atoms with van der Waals surface area (Å²) >= 11 is 0. The molecule has 12 heteroatoms. The molecule has 2 aromatic carbocycles. The van der Waals surface area contributed by atoms with Crippen molar-refractivity contribution in [2.45, 2.75) is 17.4 Å². The zero-order valence-corrected chi connectivity index (χ0v) is 18.8. The van der Waals surface area contributed by atoms with Crippen molar-refractivity contribution in [3.8, 4) is 11.5 Å². The number of nitrogens with one attached hydrogen (secondary N) is 1. The summed E-state index contributed by atoms with van der Waals surface area (Å²) in [6.45, 7) is 0.979. The summed E-state index contributed by atoms with van der Waals surface area (Å²) in [5.74, 6) is -0.236. The summed E-state index contributed by atoms with van der Waals surface area (Å²) in [4.78, 5) is 25.5. The SMILES string of the molecule is COc1cc2c(C3C(=O)Nc4ccc(S(N)(=O)=O)cc43)ncnc2cc1OCCn1ccnc1. The first-order valence-electron chi connectivity index (χ1n) is 10.2. The second kappa shape index (κ2) is 8.39. The van der Waals surface area contributed by atoms with Gasteiger partial charge in [-0.3, -0.25) is 4.79 Å². The molecular weight excluding hydrogens is 460 g/mol. The molecule has 34 heavy (non-hydrogen) atoms. The van der Waals surface area contributed by atoms with Gasteiger partial charge < -0.3 is 19.4 Å². The van der Waals surface area contributed by atoms with Crippen LogP contribution in [0.1, 0.15) is 17.2 Å². The second-order valence-corrected chi connectivity index (χ2v) is 9.21. The van der Waals surface area contributed by atoms with Gasteiger partial charge in [0, 0.05) is 29.5 Å². The Kier molecular flexibility index (Phi) is 5.38. The summed E-state index contributed by atoms with van der Waals surface area (Å²) in [5, 5.41) is 8.64. The zero-order chi connectivity index (χ0) is 23.9. The van der Waals surface area contributed by atoms with E-state index >= 15 is 0 Å². The predicted octanol–water partition coefficient (Wildman–Crippen LogP) is 1.65. The number of ether oxygens (including phenoxy) is 2. The minimum Gasteiger partial charge on any atom is -0.493 e. The molecule has 1 amide bonds. The van der Waals surface area contributed by atoms with Crippen LogP contribution in [0, 0.1) is 0 Å². The number of benzene rings is 2. The molecular formula is C22H20N6O5S. The van der Waals surface area contributed by atoms with Crippen LogP contribution < -0.4 is 19.9 Å². The molecule has 1 aliphatic heterocycles. The Morgan fingerprint density at radius 3 is 2.76 bits per heavy atom. The molecule has 5 rings (SSSR count). The molecule has 0 saturated heterocycles. The summed E-state index contributed by atoms with van der Waals surface area (Å²) in [5.41, 5.74) is 1.93. The minimum absolute atomic E-state index is 0.0859. The third-order valence-electron chi connectivity index (χ3n) is 5.57. The Labute approximate surface area is 194 Å². The lowest BCUT2D eigenvalue weighted by Gasteiger charge is -2.15. The van der Waals surface area contributed by atoms with Crippen LogP contribution >= 0.6 is 0 Å². The van der Waals surface area contributed by atoms with Crippen molar-refractivity contribution < 1.29 is 22.7 Å². The number of nitrogens with zero attached hydrogens (tertiary/aromatic N) is 4. The van der Waals surface area contributed by atoms with Gasteiger partial charge in [0.25, 0.3) is 0 Å². The maximum atomic E-state index is 12.9. The highest BCUT2D eigenvalue weighted by Gasteiger charge is 2.35. The molecule has 1 unspecified atom stereocenters. The lowest BCUT2D eigenvalue weighted by Crippen LogP contribution is -2.16. The summed E-state index contributed by atoms with van der Waals surface area (Å²) in [6, 6.07) is 7.70. The predicted molar refractivity (Wildman–Crippen MR) is 122 cm³/mol. The molecule has 0 radical (unpaired) electrons. The number of amides is 1. The summed E-state index contributed by atoms with van der Waals surface area (Å²) < 4.78 is 37.1. The topological polar surface area (TPSA) is 151 Å². The van der Waals surface area contributed by atoms with Crippen molar-refractivity contribution in [3.63, 3.8) is 0 Å². The highest BCUT2D eigenvalue weighted by Crippen LogP contribution is 2.41. The Bertz CT molecular complexity index is 1500. The van der Waals surface area contributed by atoms with Crippen LogP contribution in [0.5, 0.6) is 11.5 Å². The van der Waals surface area contributed by atoms with Gasteiger partial charge in [0.2, 0.25) is 15.9 Å². The van der Waals surface area contributed by atoms with Gasteiger partial charge in [-0.05, 0) is 29.8 Å². The highest BCUT2D eigenvalue weighted by atomic mass is 32.2. The van der Waals surface area contributed by atoms with Crippen molar-refractivity contribution in [2.75, 3.05) is 19.0 Å². The minimum atomic E-state index is -3.95. The Morgan fingerprint density at radius 2 is 2.03 bits per heavy atom. The standard InChI is InChI=1S/C22H20N6O5S/c1-32-18-9-15-17(10-19(18)33-7-6-28-5-4-24-12-28)25-11-26-21(15)20-14-8-13(34(23,30)31)2-3-16(14)27-22(20)29/h2-5,8-12,20H,6-7H2,1H3,(H,27,29)(H2,23,30,31). The largest absolute Gasteiger partial charge is 0.493 e. The number of fused-ring (bicyclic) bond motifs is 2. The van der Waals surface area contributed by atoms with E-state index in [0.29, 0.717) is 52.5 Å². The number of sulfonamides is 1. The summed E-state index contributed by atoms with van der Waals surface area (Å²) in [6.07, 6.45) is 6.59. The number of carbonyl (C=O) groups excluding carboxylic acids is 1. The molecule has 0 aliphatic carbocycles. The van der Waals surface area contributed by atoms with Crippen LogP contribution in [-0.4, -0.2) is 47.6 Å². The maximum absolute atomic E-state index is 12.9. The maximum Gasteiger partial charge on any atom is 0.238 e. The van der Waals surface area contributed by atoms with E-state index in [9.17, 15) is 13.2 Å². The molecule has 2 aromatic heterocycles. The van der Waals surface area contributed by atoms with Crippen molar-refractivity contribution in [3.05, 3.63) is 66.6 Å². The first kappa shape index (κ1) is 21.8. The number of aromatic nitrogens is 4. The van der Waals surface area contributed by atoms with E-state index < -0.39 is 15.9 Å². The fourth-order valence-electron chi connectivity index (χ4n) is 3.95. The van der Waals surface area contributed by atoms with Gasteiger partial charge in [-0.2, -0.15) is 0 Å². The number of carbonyl (C=O) groups is 1. The van der Waals surface area contributed by atoms with Gasteiger partial charge in [-0.1, -0.05) is 0 Å². The Hall–Kier alpha value is -4.03. The normalized spacial score (nSPS) is 15.2. The number of primary sulfonamides is 1. The lowest BCUT2D eigenvalue weighted by atomic mass is 9.94. The Morgan fingerprint density at radius 1 is 1.18 bits per heavy atom. The van der Waals surface area contributed by atoms with Gasteiger partial charge in [-0.15, -0.1) is 0 Å².